The largest absolute Gasteiger partial charge is 0.379 e. The van der Waals surface area contributed by atoms with E-state index in [4.69, 9.17) is 4.74 Å². The third-order valence-electron chi connectivity index (χ3n) is 4.09. The highest BCUT2D eigenvalue weighted by atomic mass is 79.9. The number of carbonyl (C=O) groups is 1. The Bertz CT molecular complexity index is 505. The minimum absolute atomic E-state index is 0.0946. The molecule has 0 saturated carbocycles. The number of nitrogens with one attached hydrogen (secondary N) is 1. The second-order valence-corrected chi connectivity index (χ2v) is 7.84. The molecule has 0 unspecified atom stereocenters. The average Bonchev–Trinajstić information content (AvgIpc) is 2.71. The van der Waals surface area contributed by atoms with Crippen molar-refractivity contribution in [2.45, 2.75) is 17.7 Å². The van der Waals surface area contributed by atoms with Crippen molar-refractivity contribution in [2.75, 3.05) is 38.6 Å². The van der Waals surface area contributed by atoms with E-state index in [1.54, 1.807) is 11.8 Å². The maximum absolute atomic E-state index is 12.6. The highest BCUT2D eigenvalue weighted by molar-refractivity contribution is 9.10. The van der Waals surface area contributed by atoms with E-state index in [9.17, 15) is 4.79 Å². The van der Waals surface area contributed by atoms with Crippen molar-refractivity contribution in [3.8, 4) is 0 Å². The molecule has 1 aromatic carbocycles. The molecule has 1 amide bonds. The van der Waals surface area contributed by atoms with E-state index in [2.05, 4.69) is 26.1 Å². The maximum atomic E-state index is 12.6. The predicted octanol–water partition coefficient (Wildman–Crippen LogP) is 2.44. The van der Waals surface area contributed by atoms with Crippen LogP contribution in [-0.4, -0.2) is 55.4 Å². The van der Waals surface area contributed by atoms with Gasteiger partial charge in [0.05, 0.1) is 13.2 Å². The van der Waals surface area contributed by atoms with Crippen LogP contribution < -0.4 is 5.32 Å². The van der Waals surface area contributed by atoms with Gasteiger partial charge < -0.3 is 10.1 Å². The first-order valence-electron chi connectivity index (χ1n) is 7.70. The van der Waals surface area contributed by atoms with Crippen molar-refractivity contribution in [3.63, 3.8) is 0 Å². The Labute approximate surface area is 144 Å². The van der Waals surface area contributed by atoms with Crippen molar-refractivity contribution in [2.24, 2.45) is 0 Å². The zero-order valence-electron chi connectivity index (χ0n) is 12.5. The van der Waals surface area contributed by atoms with E-state index in [0.717, 1.165) is 55.1 Å². The summed E-state index contributed by atoms with van der Waals surface area (Å²) in [5.41, 5.74) is 1.08. The lowest BCUT2D eigenvalue weighted by Gasteiger charge is -2.30. The number of amides is 1. The molecule has 0 bridgehead atoms. The van der Waals surface area contributed by atoms with Crippen LogP contribution in [0.3, 0.4) is 0 Å². The van der Waals surface area contributed by atoms with Crippen molar-refractivity contribution < 1.29 is 9.53 Å². The van der Waals surface area contributed by atoms with Gasteiger partial charge in [-0.2, -0.15) is 0 Å². The molecule has 2 heterocycles. The molecule has 0 spiro atoms. The fourth-order valence-corrected chi connectivity index (χ4v) is 4.36. The standard InChI is InChI=1S/C16H21BrN2O2S/c17-13-3-1-12(2-4-13)15-16(20)18-14(5-10-22-15)11-19-6-8-21-9-7-19/h1-4,14-15H,5-11H2,(H,18,20)/t14-,15+/m1/s1. The molecule has 6 heteroatoms. The van der Waals surface area contributed by atoms with Crippen LogP contribution >= 0.6 is 27.7 Å². The number of rotatable bonds is 3. The van der Waals surface area contributed by atoms with E-state index in [0.29, 0.717) is 0 Å². The van der Waals surface area contributed by atoms with Gasteiger partial charge >= 0.3 is 0 Å². The number of morpholine rings is 1. The first-order chi connectivity index (χ1) is 10.7. The van der Waals surface area contributed by atoms with E-state index in [1.165, 1.54) is 0 Å². The molecule has 4 nitrogen and oxygen atoms in total. The number of ether oxygens (including phenoxy) is 1. The Kier molecular flexibility index (Phi) is 5.79. The lowest BCUT2D eigenvalue weighted by atomic mass is 10.1. The SMILES string of the molecule is O=C1N[C@@H](CN2CCOCC2)CCS[C@H]1c1ccc(Br)cc1. The molecule has 2 fully saturated rings. The topological polar surface area (TPSA) is 41.6 Å². The summed E-state index contributed by atoms with van der Waals surface area (Å²) >= 11 is 5.19. The van der Waals surface area contributed by atoms with Crippen LogP contribution in [-0.2, 0) is 9.53 Å². The summed E-state index contributed by atoms with van der Waals surface area (Å²) in [4.78, 5) is 15.0. The third kappa shape index (κ3) is 4.25. The minimum Gasteiger partial charge on any atom is -0.379 e. The van der Waals surface area contributed by atoms with Crippen molar-refractivity contribution in [1.29, 1.82) is 0 Å². The Morgan fingerprint density at radius 1 is 1.27 bits per heavy atom. The Morgan fingerprint density at radius 2 is 2.00 bits per heavy atom. The average molecular weight is 385 g/mol. The van der Waals surface area contributed by atoms with Crippen LogP contribution in [0.1, 0.15) is 17.2 Å². The van der Waals surface area contributed by atoms with Crippen molar-refractivity contribution >= 4 is 33.6 Å². The Morgan fingerprint density at radius 3 is 2.73 bits per heavy atom. The highest BCUT2D eigenvalue weighted by Gasteiger charge is 2.28. The summed E-state index contributed by atoms with van der Waals surface area (Å²) in [5, 5.41) is 3.14. The fourth-order valence-electron chi connectivity index (χ4n) is 2.87. The first-order valence-corrected chi connectivity index (χ1v) is 9.54. The quantitative estimate of drug-likeness (QED) is 0.868. The number of hydrogen-bond acceptors (Lipinski definition) is 4. The van der Waals surface area contributed by atoms with E-state index in [-0.39, 0.29) is 17.2 Å². The summed E-state index contributed by atoms with van der Waals surface area (Å²) in [5.74, 6) is 1.15. The number of thioether (sulfide) groups is 1. The van der Waals surface area contributed by atoms with Gasteiger partial charge in [0.2, 0.25) is 5.91 Å². The van der Waals surface area contributed by atoms with Gasteiger partial charge in [-0.3, -0.25) is 9.69 Å². The summed E-state index contributed by atoms with van der Waals surface area (Å²) in [6.45, 7) is 4.47. The van der Waals surface area contributed by atoms with Gasteiger partial charge in [0.25, 0.3) is 0 Å². The summed E-state index contributed by atoms with van der Waals surface area (Å²) < 4.78 is 6.42. The summed E-state index contributed by atoms with van der Waals surface area (Å²) in [7, 11) is 0. The molecule has 0 aliphatic carbocycles. The molecule has 2 aliphatic heterocycles. The summed E-state index contributed by atoms with van der Waals surface area (Å²) in [6.07, 6.45) is 1.03. The molecule has 2 saturated heterocycles. The molecule has 0 aromatic heterocycles. The zero-order valence-corrected chi connectivity index (χ0v) is 14.9. The molecule has 2 aliphatic rings. The molecule has 2 atom stereocenters. The van der Waals surface area contributed by atoms with Gasteiger partial charge in [0.1, 0.15) is 5.25 Å². The molecular formula is C16H21BrN2O2S. The Balaban J connectivity index is 1.61. The second-order valence-electron chi connectivity index (χ2n) is 5.71. The normalized spacial score (nSPS) is 27.2. The molecule has 120 valence electrons. The van der Waals surface area contributed by atoms with Crippen molar-refractivity contribution in [1.82, 2.24) is 10.2 Å². The highest BCUT2D eigenvalue weighted by Crippen LogP contribution is 2.32. The molecular weight excluding hydrogens is 364 g/mol. The third-order valence-corrected chi connectivity index (χ3v) is 5.91. The van der Waals surface area contributed by atoms with Crippen LogP contribution in [0, 0.1) is 0 Å². The summed E-state index contributed by atoms with van der Waals surface area (Å²) in [6, 6.07) is 8.31. The van der Waals surface area contributed by atoms with Gasteiger partial charge in [-0.1, -0.05) is 28.1 Å². The maximum Gasteiger partial charge on any atom is 0.237 e. The fraction of sp³-hybridized carbons (Fsp3) is 0.562. The predicted molar refractivity (Wildman–Crippen MR) is 93.1 cm³/mol. The monoisotopic (exact) mass is 384 g/mol. The first kappa shape index (κ1) is 16.3. The van der Waals surface area contributed by atoms with Crippen molar-refractivity contribution in [3.05, 3.63) is 34.3 Å². The van der Waals surface area contributed by atoms with Crippen LogP contribution in [0.5, 0.6) is 0 Å². The number of halogens is 1. The molecule has 3 rings (SSSR count). The zero-order chi connectivity index (χ0) is 15.4. The molecule has 0 radical (unpaired) electrons. The van der Waals surface area contributed by atoms with E-state index < -0.39 is 0 Å². The van der Waals surface area contributed by atoms with Crippen LogP contribution in [0.15, 0.2) is 28.7 Å². The lowest BCUT2D eigenvalue weighted by Crippen LogP contribution is -2.47. The van der Waals surface area contributed by atoms with Gasteiger partial charge in [-0.05, 0) is 29.9 Å². The van der Waals surface area contributed by atoms with Gasteiger partial charge in [0, 0.05) is 30.1 Å². The smallest absolute Gasteiger partial charge is 0.237 e. The second kappa shape index (κ2) is 7.81. The number of carbonyl (C=O) groups excluding carboxylic acids is 1. The molecule has 1 N–H and O–H groups in total. The minimum atomic E-state index is -0.0946. The van der Waals surface area contributed by atoms with Crippen LogP contribution in [0.25, 0.3) is 0 Å². The molecule has 22 heavy (non-hydrogen) atoms. The Hall–Kier alpha value is -0.560. The van der Waals surface area contributed by atoms with Gasteiger partial charge in [0.15, 0.2) is 0 Å². The van der Waals surface area contributed by atoms with Gasteiger partial charge in [-0.25, -0.2) is 0 Å². The van der Waals surface area contributed by atoms with Crippen LogP contribution in [0.2, 0.25) is 0 Å². The van der Waals surface area contributed by atoms with E-state index in [1.807, 2.05) is 24.3 Å². The van der Waals surface area contributed by atoms with E-state index >= 15 is 0 Å². The lowest BCUT2D eigenvalue weighted by molar-refractivity contribution is -0.121. The molecule has 1 aromatic rings. The van der Waals surface area contributed by atoms with Gasteiger partial charge in [-0.15, -0.1) is 11.8 Å². The number of benzene rings is 1. The van der Waals surface area contributed by atoms with Crippen LogP contribution in [0.4, 0.5) is 0 Å². The number of nitrogens with zero attached hydrogens (tertiary/aromatic N) is 1. The number of hydrogen-bond donors (Lipinski definition) is 1.